The van der Waals surface area contributed by atoms with E-state index in [2.05, 4.69) is 44.0 Å². The smallest absolute Gasteiger partial charge is 0.127 e. The zero-order chi connectivity index (χ0) is 15.8. The van der Waals surface area contributed by atoms with Gasteiger partial charge < -0.3 is 14.2 Å². The van der Waals surface area contributed by atoms with E-state index >= 15 is 0 Å². The molecule has 0 aromatic heterocycles. The van der Waals surface area contributed by atoms with Gasteiger partial charge in [-0.1, -0.05) is 31.9 Å². The van der Waals surface area contributed by atoms with E-state index in [1.165, 1.54) is 11.1 Å². The van der Waals surface area contributed by atoms with Crippen molar-refractivity contribution in [3.8, 4) is 23.0 Å². The maximum absolute atomic E-state index is 6.03. The number of hydrogen-bond donors (Lipinski definition) is 0. The van der Waals surface area contributed by atoms with Gasteiger partial charge in [-0.25, -0.2) is 0 Å². The molecule has 0 N–H and O–H groups in total. The van der Waals surface area contributed by atoms with Crippen LogP contribution in [0.1, 0.15) is 11.1 Å². The van der Waals surface area contributed by atoms with Crippen LogP contribution in [0.3, 0.4) is 0 Å². The summed E-state index contributed by atoms with van der Waals surface area (Å²) in [6.45, 7) is 0. The van der Waals surface area contributed by atoms with Gasteiger partial charge in [-0.15, -0.1) is 0 Å². The Kier molecular flexibility index (Phi) is 4.24. The molecule has 2 aliphatic heterocycles. The molecule has 2 unspecified atom stereocenters. The van der Waals surface area contributed by atoms with Gasteiger partial charge in [-0.3, -0.25) is 0 Å². The highest BCUT2D eigenvalue weighted by Crippen LogP contribution is 2.36. The predicted octanol–water partition coefficient (Wildman–Crippen LogP) is 4.88. The van der Waals surface area contributed by atoms with Crippen molar-refractivity contribution in [3.63, 3.8) is 0 Å². The number of hydrogen-bond acceptors (Lipinski definition) is 3. The Morgan fingerprint density at radius 3 is 1.74 bits per heavy atom. The molecule has 0 amide bonds. The lowest BCUT2D eigenvalue weighted by molar-refractivity contribution is 0.260. The van der Waals surface area contributed by atoms with Crippen molar-refractivity contribution < 1.29 is 14.2 Å². The molecule has 0 aliphatic carbocycles. The number of rotatable bonds is 4. The second-order valence-corrected chi connectivity index (χ2v) is 7.13. The number of halogens is 2. The minimum Gasteiger partial charge on any atom is -0.489 e. The van der Waals surface area contributed by atoms with Crippen LogP contribution >= 0.6 is 31.9 Å². The van der Waals surface area contributed by atoms with Gasteiger partial charge in [-0.05, 0) is 36.4 Å². The van der Waals surface area contributed by atoms with Gasteiger partial charge in [-0.2, -0.15) is 0 Å². The molecular formula is C18H16Br2O3. The summed E-state index contributed by atoms with van der Waals surface area (Å²) in [6.07, 6.45) is 2.28. The van der Waals surface area contributed by atoms with E-state index in [9.17, 15) is 0 Å². The van der Waals surface area contributed by atoms with Gasteiger partial charge in [0.15, 0.2) is 0 Å². The Labute approximate surface area is 152 Å². The lowest BCUT2D eigenvalue weighted by Crippen LogP contribution is -2.13. The minimum absolute atomic E-state index is 0.221. The highest BCUT2D eigenvalue weighted by molar-refractivity contribution is 9.09. The van der Waals surface area contributed by atoms with E-state index in [1.54, 1.807) is 0 Å². The predicted molar refractivity (Wildman–Crippen MR) is 96.8 cm³/mol. The zero-order valence-corrected chi connectivity index (χ0v) is 15.6. The number of fused-ring (bicyclic) bond motifs is 2. The lowest BCUT2D eigenvalue weighted by Gasteiger charge is -2.08. The van der Waals surface area contributed by atoms with E-state index in [4.69, 9.17) is 14.2 Å². The Balaban J connectivity index is 1.52. The standard InChI is InChI=1S/C18H16Br2O3/c19-9-15-7-11-5-13(1-3-17(11)22-15)21-14-2-4-18-12(6-14)8-16(10-20)23-18/h1-6,15-16H,7-10H2. The average Bonchev–Trinajstić information content (AvgIpc) is 3.16. The Morgan fingerprint density at radius 1 is 0.826 bits per heavy atom. The van der Waals surface area contributed by atoms with Crippen LogP contribution < -0.4 is 14.2 Å². The quantitative estimate of drug-likeness (QED) is 0.635. The molecule has 120 valence electrons. The molecule has 0 spiro atoms. The second kappa shape index (κ2) is 6.36. The van der Waals surface area contributed by atoms with Crippen molar-refractivity contribution >= 4 is 31.9 Å². The summed E-state index contributed by atoms with van der Waals surface area (Å²) in [4.78, 5) is 0. The first-order chi connectivity index (χ1) is 11.2. The van der Waals surface area contributed by atoms with Gasteiger partial charge in [0.2, 0.25) is 0 Å². The monoisotopic (exact) mass is 438 g/mol. The minimum atomic E-state index is 0.221. The van der Waals surface area contributed by atoms with Crippen LogP contribution in [-0.4, -0.2) is 22.9 Å². The van der Waals surface area contributed by atoms with Crippen LogP contribution in [-0.2, 0) is 12.8 Å². The van der Waals surface area contributed by atoms with Crippen molar-refractivity contribution in [2.45, 2.75) is 25.0 Å². The van der Waals surface area contributed by atoms with Crippen molar-refractivity contribution in [1.82, 2.24) is 0 Å². The first-order valence-corrected chi connectivity index (χ1v) is 9.88. The van der Waals surface area contributed by atoms with Gasteiger partial charge in [0.1, 0.15) is 35.2 Å². The first-order valence-electron chi connectivity index (χ1n) is 7.64. The summed E-state index contributed by atoms with van der Waals surface area (Å²) in [6, 6.07) is 12.0. The SMILES string of the molecule is BrCC1Cc2cc(Oc3ccc4c(c3)CC(CBr)O4)ccc2O1. The molecule has 3 nitrogen and oxygen atoms in total. The first kappa shape index (κ1) is 15.3. The third-order valence-corrected chi connectivity index (χ3v) is 5.57. The molecule has 2 aromatic carbocycles. The van der Waals surface area contributed by atoms with Crippen LogP contribution in [0, 0.1) is 0 Å². The summed E-state index contributed by atoms with van der Waals surface area (Å²) < 4.78 is 17.7. The molecular weight excluding hydrogens is 424 g/mol. The lowest BCUT2D eigenvalue weighted by atomic mass is 10.1. The molecule has 0 saturated heterocycles. The van der Waals surface area contributed by atoms with Crippen LogP contribution in [0.4, 0.5) is 0 Å². The van der Waals surface area contributed by atoms with Crippen LogP contribution in [0.25, 0.3) is 0 Å². The third kappa shape index (κ3) is 3.09. The molecule has 0 saturated carbocycles. The topological polar surface area (TPSA) is 27.7 Å². The molecule has 23 heavy (non-hydrogen) atoms. The van der Waals surface area contributed by atoms with Gasteiger partial charge in [0.05, 0.1) is 0 Å². The molecule has 4 rings (SSSR count). The molecule has 2 heterocycles. The number of benzene rings is 2. The molecule has 5 heteroatoms. The summed E-state index contributed by atoms with van der Waals surface area (Å²) in [5, 5.41) is 1.69. The van der Waals surface area contributed by atoms with Gasteiger partial charge >= 0.3 is 0 Å². The van der Waals surface area contributed by atoms with E-state index in [0.717, 1.165) is 46.5 Å². The van der Waals surface area contributed by atoms with E-state index in [-0.39, 0.29) is 12.2 Å². The molecule has 2 aromatic rings. The summed E-state index contributed by atoms with van der Waals surface area (Å²) >= 11 is 6.95. The fourth-order valence-corrected chi connectivity index (χ4v) is 3.75. The largest absolute Gasteiger partial charge is 0.489 e. The zero-order valence-electron chi connectivity index (χ0n) is 12.4. The highest BCUT2D eigenvalue weighted by atomic mass is 79.9. The summed E-state index contributed by atoms with van der Waals surface area (Å²) in [5.74, 6) is 3.62. The fourth-order valence-electron chi connectivity index (χ4n) is 3.03. The molecule has 0 bridgehead atoms. The van der Waals surface area contributed by atoms with E-state index in [1.807, 2.05) is 24.3 Å². The normalized spacial score (nSPS) is 21.3. The van der Waals surface area contributed by atoms with Crippen LogP contribution in [0.5, 0.6) is 23.0 Å². The average molecular weight is 440 g/mol. The van der Waals surface area contributed by atoms with Crippen molar-refractivity contribution in [2.24, 2.45) is 0 Å². The van der Waals surface area contributed by atoms with Gasteiger partial charge in [0, 0.05) is 34.6 Å². The third-order valence-electron chi connectivity index (χ3n) is 4.13. The van der Waals surface area contributed by atoms with E-state index < -0.39 is 0 Å². The van der Waals surface area contributed by atoms with Gasteiger partial charge in [0.25, 0.3) is 0 Å². The van der Waals surface area contributed by atoms with Crippen molar-refractivity contribution in [2.75, 3.05) is 10.7 Å². The Hall–Kier alpha value is -1.20. The van der Waals surface area contributed by atoms with Crippen LogP contribution in [0.15, 0.2) is 36.4 Å². The molecule has 2 aliphatic rings. The number of alkyl halides is 2. The van der Waals surface area contributed by atoms with E-state index in [0.29, 0.717) is 0 Å². The van der Waals surface area contributed by atoms with Crippen molar-refractivity contribution in [3.05, 3.63) is 47.5 Å². The molecule has 0 fully saturated rings. The molecule has 2 atom stereocenters. The summed E-state index contributed by atoms with van der Waals surface area (Å²) in [7, 11) is 0. The number of ether oxygens (including phenoxy) is 3. The highest BCUT2D eigenvalue weighted by Gasteiger charge is 2.24. The maximum atomic E-state index is 6.03. The Bertz CT molecular complexity index is 671. The maximum Gasteiger partial charge on any atom is 0.127 e. The molecule has 0 radical (unpaired) electrons. The van der Waals surface area contributed by atoms with Crippen LogP contribution in [0.2, 0.25) is 0 Å². The fraction of sp³-hybridized carbons (Fsp3) is 0.333. The Morgan fingerprint density at radius 2 is 1.30 bits per heavy atom. The van der Waals surface area contributed by atoms with Crippen molar-refractivity contribution in [1.29, 1.82) is 0 Å². The second-order valence-electron chi connectivity index (χ2n) is 5.84. The summed E-state index contributed by atoms with van der Waals surface area (Å²) in [5.41, 5.74) is 2.41.